The second-order valence-corrected chi connectivity index (χ2v) is 28.0. The number of carboxylic acid groups (broad SMARTS) is 1. The molecule has 0 bridgehead atoms. The van der Waals surface area contributed by atoms with Crippen LogP contribution in [0.2, 0.25) is 0 Å². The van der Waals surface area contributed by atoms with Gasteiger partial charge in [0, 0.05) is 104 Å². The number of likely N-dealkylation sites (tertiary alicyclic amines) is 1. The van der Waals surface area contributed by atoms with Crippen LogP contribution in [0.1, 0.15) is 188 Å². The molecule has 6 fully saturated rings. The Morgan fingerprint density at radius 1 is 0.537 bits per heavy atom. The monoisotopic (exact) mass is 1370 g/mol. The number of halogens is 1. The summed E-state index contributed by atoms with van der Waals surface area (Å²) in [6.45, 7) is 15.0. The van der Waals surface area contributed by atoms with Crippen molar-refractivity contribution >= 4 is 96.1 Å². The predicted molar refractivity (Wildman–Crippen MR) is 373 cm³/mol. The van der Waals surface area contributed by atoms with E-state index in [0.717, 1.165) is 144 Å². The van der Waals surface area contributed by atoms with E-state index in [4.69, 9.17) is 34.6 Å². The number of aromatic nitrogens is 11. The molecule has 0 atom stereocenters. The second-order valence-electron chi connectivity index (χ2n) is 27.4. The summed E-state index contributed by atoms with van der Waals surface area (Å²) in [4.78, 5) is 87.4. The van der Waals surface area contributed by atoms with Gasteiger partial charge < -0.3 is 44.1 Å². The lowest BCUT2D eigenvalue weighted by molar-refractivity contribution is -0.127. The molecule has 0 radical (unpaired) electrons. The molecule has 6 aliphatic rings. The number of carboxylic acids is 1. The van der Waals surface area contributed by atoms with Gasteiger partial charge in [0.25, 0.3) is 0 Å². The van der Waals surface area contributed by atoms with Gasteiger partial charge in [-0.05, 0) is 147 Å². The minimum absolute atomic E-state index is 0.0276. The van der Waals surface area contributed by atoms with Gasteiger partial charge in [0.2, 0.25) is 0 Å². The number of ketones is 2. The number of carbonyl (C=O) groups is 5. The first-order chi connectivity index (χ1) is 45.8. The van der Waals surface area contributed by atoms with Crippen LogP contribution in [0.3, 0.4) is 0 Å². The van der Waals surface area contributed by atoms with Gasteiger partial charge in [0.15, 0.2) is 46.5 Å². The molecule has 0 aromatic carbocycles. The van der Waals surface area contributed by atoms with Crippen LogP contribution in [0, 0.1) is 11.8 Å². The van der Waals surface area contributed by atoms with E-state index < -0.39 is 17.5 Å². The predicted octanol–water partition coefficient (Wildman–Crippen LogP) is 11.5. The van der Waals surface area contributed by atoms with Crippen molar-refractivity contribution in [3.63, 3.8) is 0 Å². The quantitative estimate of drug-likeness (QED) is 0.0851. The van der Waals surface area contributed by atoms with Gasteiger partial charge >= 0.3 is 18.0 Å². The van der Waals surface area contributed by atoms with E-state index in [1.165, 1.54) is 89.2 Å². The lowest BCUT2D eigenvalue weighted by atomic mass is 9.86. The van der Waals surface area contributed by atoms with E-state index in [2.05, 4.69) is 81.1 Å². The van der Waals surface area contributed by atoms with Crippen molar-refractivity contribution in [2.75, 3.05) is 92.1 Å². The molecule has 95 heavy (non-hydrogen) atoms. The molecule has 7 aromatic rings. The maximum Gasteiger partial charge on any atom is 0.410 e. The van der Waals surface area contributed by atoms with E-state index >= 15 is 0 Å². The highest BCUT2D eigenvalue weighted by molar-refractivity contribution is 9.09. The Kier molecular flexibility index (Phi) is 24.4. The summed E-state index contributed by atoms with van der Waals surface area (Å²) in [5.74, 6) is 3.21. The third-order valence-electron chi connectivity index (χ3n) is 19.2. The molecule has 2 N–H and O–H groups in total. The number of rotatable bonds is 12. The summed E-state index contributed by atoms with van der Waals surface area (Å²) >= 11 is 3.18. The van der Waals surface area contributed by atoms with Crippen molar-refractivity contribution in [2.45, 2.75) is 167 Å². The number of amides is 1. The molecular formula is C70H99BrN16O8. The third kappa shape index (κ3) is 18.1. The highest BCUT2D eigenvalue weighted by Crippen LogP contribution is 2.33. The van der Waals surface area contributed by atoms with Crippen LogP contribution in [-0.4, -0.2) is 176 Å². The van der Waals surface area contributed by atoms with Crippen molar-refractivity contribution in [3.05, 3.63) is 59.7 Å². The minimum Gasteiger partial charge on any atom is -0.476 e. The van der Waals surface area contributed by atoms with Gasteiger partial charge in [-0.3, -0.25) is 9.59 Å². The van der Waals surface area contributed by atoms with Gasteiger partial charge in [-0.15, -0.1) is 0 Å². The standard InChI is InChI=1S/C22H31N7.C22H30N4O3.C14H18N4O2.C12H20BrNO3/c1-27-15-18(16-9-11-23-12-10-16)24-22(27)20-17-7-8-19(25-21(17)28(2)26-20)29-13-5-3-4-6-14-29;1-25-21-17(11-12-19(23-21)26-13-7-2-3-8-14-26)20(24-25)22(28)29-15-18(27)16-9-5-4-6-10-16;1-17-13-10(12(16-17)14(19)20)6-7-11(15-13)18-8-4-2-3-5-9-18;1-12(2,3)17-11(16)14-6-4-9(5-7-14)10(15)8-13/h7-8,15-16,23H,3-6,9-14H2,1-2H3;11-12,16H,2-10,13-15H2,1H3;6-7H,2-5,8-9H2,1H3,(H,19,20);9H,4-8H2,1-3H3. The van der Waals surface area contributed by atoms with Crippen LogP contribution in [-0.2, 0) is 47.3 Å². The molecule has 12 heterocycles. The first-order valence-electron chi connectivity index (χ1n) is 34.8. The Labute approximate surface area is 566 Å². The molecule has 1 amide bonds. The van der Waals surface area contributed by atoms with Crippen molar-refractivity contribution < 1.29 is 38.6 Å². The van der Waals surface area contributed by atoms with Crippen LogP contribution < -0.4 is 20.0 Å². The Morgan fingerprint density at radius 2 is 0.979 bits per heavy atom. The number of anilines is 3. The lowest BCUT2D eigenvalue weighted by Gasteiger charge is -2.32. The molecule has 24 nitrogen and oxygen atoms in total. The number of nitrogens with zero attached hydrogens (tertiary/aromatic N) is 15. The highest BCUT2D eigenvalue weighted by atomic mass is 79.9. The molecule has 7 aromatic heterocycles. The van der Waals surface area contributed by atoms with Crippen molar-refractivity contribution in [3.8, 4) is 11.5 Å². The Bertz CT molecular complexity index is 3730. The number of carbonyl (C=O) groups excluding carboxylic acids is 4. The normalized spacial score (nSPS) is 18.1. The average Bonchev–Trinajstić information content (AvgIpc) is 1.63. The van der Waals surface area contributed by atoms with Gasteiger partial charge in [-0.2, -0.15) is 15.3 Å². The van der Waals surface area contributed by atoms with Crippen LogP contribution in [0.5, 0.6) is 0 Å². The molecule has 5 saturated heterocycles. The number of alkyl halides is 1. The van der Waals surface area contributed by atoms with Crippen LogP contribution >= 0.6 is 15.9 Å². The summed E-state index contributed by atoms with van der Waals surface area (Å²) in [6.07, 6.45) is 25.8. The van der Waals surface area contributed by atoms with E-state index in [9.17, 15) is 24.0 Å². The fraction of sp³-hybridized carbons (Fsp3) is 0.629. The third-order valence-corrected chi connectivity index (χ3v) is 19.8. The number of aryl methyl sites for hydroxylation is 4. The van der Waals surface area contributed by atoms with Crippen molar-refractivity contribution in [2.24, 2.45) is 40.0 Å². The van der Waals surface area contributed by atoms with Gasteiger partial charge in [0.05, 0.1) is 27.2 Å². The maximum absolute atomic E-state index is 12.6. The van der Waals surface area contributed by atoms with Crippen molar-refractivity contribution in [1.29, 1.82) is 0 Å². The van der Waals surface area contributed by atoms with E-state index in [-0.39, 0.29) is 47.5 Å². The molecule has 25 heteroatoms. The molecular weight excluding hydrogens is 1270 g/mol. The van der Waals surface area contributed by atoms with Crippen molar-refractivity contribution in [1.82, 2.24) is 64.1 Å². The second kappa shape index (κ2) is 32.9. The Hall–Kier alpha value is -7.54. The smallest absolute Gasteiger partial charge is 0.410 e. The number of hydrogen-bond donors (Lipinski definition) is 2. The fourth-order valence-electron chi connectivity index (χ4n) is 13.9. The van der Waals surface area contributed by atoms with Crippen LogP contribution in [0.25, 0.3) is 44.6 Å². The number of aromatic carboxylic acids is 1. The highest BCUT2D eigenvalue weighted by Gasteiger charge is 2.31. The summed E-state index contributed by atoms with van der Waals surface area (Å²) in [7, 11) is 7.58. The zero-order valence-corrected chi connectivity index (χ0v) is 58.6. The number of esters is 1. The number of fused-ring (bicyclic) bond motifs is 3. The van der Waals surface area contributed by atoms with E-state index in [0.29, 0.717) is 46.4 Å². The van der Waals surface area contributed by atoms with E-state index in [1.54, 1.807) is 28.4 Å². The lowest BCUT2D eigenvalue weighted by Crippen LogP contribution is -2.43. The Balaban J connectivity index is 0.000000141. The zero-order chi connectivity index (χ0) is 67.2. The number of hydrogen-bond acceptors (Lipinski definition) is 18. The first-order valence-corrected chi connectivity index (χ1v) is 36.0. The van der Waals surface area contributed by atoms with Crippen LogP contribution in [0.15, 0.2) is 42.6 Å². The van der Waals surface area contributed by atoms with Gasteiger partial charge in [-0.25, -0.2) is 48.4 Å². The molecule has 1 saturated carbocycles. The molecule has 5 aliphatic heterocycles. The molecule has 0 unspecified atom stereocenters. The summed E-state index contributed by atoms with van der Waals surface area (Å²) in [5.41, 5.74) is 4.19. The largest absolute Gasteiger partial charge is 0.476 e. The summed E-state index contributed by atoms with van der Waals surface area (Å²) in [5, 5.41) is 28.5. The fourth-order valence-corrected chi connectivity index (χ4v) is 14.3. The number of nitrogens with one attached hydrogen (secondary N) is 1. The molecule has 0 spiro atoms. The molecule has 1 aliphatic carbocycles. The number of piperidine rings is 2. The van der Waals surface area contributed by atoms with Gasteiger partial charge in [-0.1, -0.05) is 73.7 Å². The molecule has 514 valence electrons. The van der Waals surface area contributed by atoms with E-state index in [1.807, 2.05) is 56.8 Å². The molecule has 13 rings (SSSR count). The maximum atomic E-state index is 12.6. The zero-order valence-electron chi connectivity index (χ0n) is 57.0. The topological polar surface area (TPSA) is 259 Å². The SMILES string of the molecule is CC(C)(C)OC(=O)N1CCC(C(=O)CBr)CC1.Cn1cc(C2CCNCC2)nc1-c1nn(C)c2nc(N3CCCCCC3)ccc12.Cn1nc(C(=O)O)c2ccc(N3CCCCCC3)nc21.Cn1nc(C(=O)OCC(=O)C2CCCCC2)c2ccc(N3CCCCCC3)nc21. The first kappa shape index (κ1) is 70.3. The number of pyridine rings is 3. The van der Waals surface area contributed by atoms with Gasteiger partial charge in [0.1, 0.15) is 34.5 Å². The van der Waals surface area contributed by atoms with Crippen LogP contribution in [0.4, 0.5) is 22.2 Å². The number of Topliss-reactive ketones (excluding diaryl/α,β-unsaturated/α-hetero) is 2. The minimum atomic E-state index is -1.01. The average molecular weight is 1370 g/mol. The number of imidazole rings is 1. The number of ether oxygens (including phenoxy) is 2. The summed E-state index contributed by atoms with van der Waals surface area (Å²) in [6, 6.07) is 11.9. The Morgan fingerprint density at radius 3 is 1.46 bits per heavy atom. The summed E-state index contributed by atoms with van der Waals surface area (Å²) < 4.78 is 17.8.